The normalized spacial score (nSPS) is 20.2. The molecule has 1 atom stereocenters. The zero-order valence-corrected chi connectivity index (χ0v) is 12.1. The van der Waals surface area contributed by atoms with Gasteiger partial charge >= 0.3 is 0 Å². The van der Waals surface area contributed by atoms with E-state index in [0.29, 0.717) is 18.6 Å². The molecule has 0 bridgehead atoms. The molecule has 1 unspecified atom stereocenters. The molecule has 1 aliphatic heterocycles. The van der Waals surface area contributed by atoms with Gasteiger partial charge in [0.1, 0.15) is 5.82 Å². The first-order valence-corrected chi connectivity index (χ1v) is 7.58. The lowest BCUT2D eigenvalue weighted by molar-refractivity contribution is 0.179. The third-order valence-electron chi connectivity index (χ3n) is 4.28. The van der Waals surface area contributed by atoms with Gasteiger partial charge < -0.3 is 15.0 Å². The third-order valence-corrected chi connectivity index (χ3v) is 4.28. The average molecular weight is 278 g/mol. The smallest absolute Gasteiger partial charge is 0.148 e. The number of methoxy groups -OCH3 is 1. The Bertz CT molecular complexity index is 456. The standard InChI is InChI=1S/C16H23FN2O/c1-20-11-15(12-4-5-12)18-13-6-7-16(14(17)10-13)19-8-2-3-9-19/h6-7,10,12,15,18H,2-5,8-9,11H2,1H3. The van der Waals surface area contributed by atoms with E-state index in [1.165, 1.54) is 12.8 Å². The van der Waals surface area contributed by atoms with Crippen molar-refractivity contribution in [2.45, 2.75) is 31.7 Å². The number of hydrogen-bond acceptors (Lipinski definition) is 3. The highest BCUT2D eigenvalue weighted by molar-refractivity contribution is 5.57. The fourth-order valence-electron chi connectivity index (χ4n) is 3.00. The summed E-state index contributed by atoms with van der Waals surface area (Å²) in [5, 5.41) is 3.42. The van der Waals surface area contributed by atoms with Gasteiger partial charge in [0, 0.05) is 25.9 Å². The molecule has 1 aliphatic carbocycles. The van der Waals surface area contributed by atoms with Crippen molar-refractivity contribution < 1.29 is 9.13 Å². The summed E-state index contributed by atoms with van der Waals surface area (Å²) in [6, 6.07) is 5.82. The van der Waals surface area contributed by atoms with Crippen molar-refractivity contribution in [1.82, 2.24) is 0 Å². The van der Waals surface area contributed by atoms with E-state index in [-0.39, 0.29) is 5.82 Å². The summed E-state index contributed by atoms with van der Waals surface area (Å²) in [6.07, 6.45) is 4.82. The molecule has 0 radical (unpaired) electrons. The van der Waals surface area contributed by atoms with Gasteiger partial charge in [-0.15, -0.1) is 0 Å². The van der Waals surface area contributed by atoms with E-state index < -0.39 is 0 Å². The van der Waals surface area contributed by atoms with Gasteiger partial charge in [0.25, 0.3) is 0 Å². The minimum absolute atomic E-state index is 0.121. The molecule has 3 nitrogen and oxygen atoms in total. The Balaban J connectivity index is 1.69. The van der Waals surface area contributed by atoms with Crippen LogP contribution in [-0.2, 0) is 4.74 Å². The van der Waals surface area contributed by atoms with Crippen LogP contribution in [0.2, 0.25) is 0 Å². The molecule has 0 amide bonds. The van der Waals surface area contributed by atoms with Crippen LogP contribution in [-0.4, -0.2) is 32.8 Å². The summed E-state index contributed by atoms with van der Waals surface area (Å²) >= 11 is 0. The van der Waals surface area contributed by atoms with Crippen molar-refractivity contribution in [2.24, 2.45) is 5.92 Å². The van der Waals surface area contributed by atoms with Gasteiger partial charge in [-0.3, -0.25) is 0 Å². The van der Waals surface area contributed by atoms with Crippen LogP contribution in [0.25, 0.3) is 0 Å². The summed E-state index contributed by atoms with van der Waals surface area (Å²) in [5.41, 5.74) is 1.60. The Morgan fingerprint density at radius 2 is 2.10 bits per heavy atom. The minimum Gasteiger partial charge on any atom is -0.383 e. The largest absolute Gasteiger partial charge is 0.383 e. The van der Waals surface area contributed by atoms with Crippen LogP contribution in [0.3, 0.4) is 0 Å². The molecule has 1 saturated heterocycles. The summed E-state index contributed by atoms with van der Waals surface area (Å²) < 4.78 is 19.5. The van der Waals surface area contributed by atoms with Crippen LogP contribution in [0.15, 0.2) is 18.2 Å². The van der Waals surface area contributed by atoms with Gasteiger partial charge in [-0.1, -0.05) is 0 Å². The second-order valence-corrected chi connectivity index (χ2v) is 5.90. The highest BCUT2D eigenvalue weighted by atomic mass is 19.1. The molecule has 20 heavy (non-hydrogen) atoms. The van der Waals surface area contributed by atoms with Gasteiger partial charge in [-0.2, -0.15) is 0 Å². The third kappa shape index (κ3) is 3.06. The van der Waals surface area contributed by atoms with Crippen LogP contribution in [0.1, 0.15) is 25.7 Å². The molecule has 0 aromatic heterocycles. The van der Waals surface area contributed by atoms with Crippen LogP contribution in [0.4, 0.5) is 15.8 Å². The fourth-order valence-corrected chi connectivity index (χ4v) is 3.00. The second kappa shape index (κ2) is 6.00. The van der Waals surface area contributed by atoms with E-state index in [1.54, 1.807) is 13.2 Å². The number of anilines is 2. The van der Waals surface area contributed by atoms with Crippen molar-refractivity contribution in [3.63, 3.8) is 0 Å². The zero-order valence-electron chi connectivity index (χ0n) is 12.1. The number of nitrogens with one attached hydrogen (secondary N) is 1. The lowest BCUT2D eigenvalue weighted by Gasteiger charge is -2.21. The number of rotatable bonds is 6. The molecule has 1 N–H and O–H groups in total. The number of halogens is 1. The van der Waals surface area contributed by atoms with Gasteiger partial charge in [-0.25, -0.2) is 4.39 Å². The van der Waals surface area contributed by atoms with E-state index in [1.807, 2.05) is 12.1 Å². The Labute approximate surface area is 120 Å². The lowest BCUT2D eigenvalue weighted by Crippen LogP contribution is -2.27. The number of benzene rings is 1. The summed E-state index contributed by atoms with van der Waals surface area (Å²) in [7, 11) is 1.72. The highest BCUT2D eigenvalue weighted by Crippen LogP contribution is 2.35. The Kier molecular flexibility index (Phi) is 4.10. The van der Waals surface area contributed by atoms with Crippen LogP contribution in [0, 0.1) is 11.7 Å². The molecule has 110 valence electrons. The van der Waals surface area contributed by atoms with E-state index in [2.05, 4.69) is 10.2 Å². The first-order valence-electron chi connectivity index (χ1n) is 7.58. The van der Waals surface area contributed by atoms with Crippen molar-refractivity contribution in [3.05, 3.63) is 24.0 Å². The molecule has 1 aromatic carbocycles. The summed E-state index contributed by atoms with van der Waals surface area (Å²) in [6.45, 7) is 2.62. The first kappa shape index (κ1) is 13.7. The van der Waals surface area contributed by atoms with Gasteiger partial charge in [0.05, 0.1) is 18.3 Å². The molecule has 1 saturated carbocycles. The van der Waals surface area contributed by atoms with Crippen molar-refractivity contribution in [3.8, 4) is 0 Å². The lowest BCUT2D eigenvalue weighted by atomic mass is 10.1. The Morgan fingerprint density at radius 1 is 1.35 bits per heavy atom. The molecule has 1 heterocycles. The topological polar surface area (TPSA) is 24.5 Å². The maximum atomic E-state index is 14.2. The van der Waals surface area contributed by atoms with E-state index >= 15 is 0 Å². The van der Waals surface area contributed by atoms with Crippen LogP contribution >= 0.6 is 0 Å². The van der Waals surface area contributed by atoms with E-state index in [9.17, 15) is 4.39 Å². The monoisotopic (exact) mass is 278 g/mol. The average Bonchev–Trinajstić information content (AvgIpc) is 3.15. The molecular weight excluding hydrogens is 255 g/mol. The molecule has 1 aromatic rings. The minimum atomic E-state index is -0.121. The summed E-state index contributed by atoms with van der Waals surface area (Å²) in [4.78, 5) is 2.13. The first-order chi connectivity index (χ1) is 9.78. The Morgan fingerprint density at radius 3 is 2.70 bits per heavy atom. The van der Waals surface area contributed by atoms with Crippen LogP contribution in [0.5, 0.6) is 0 Å². The molecule has 2 fully saturated rings. The van der Waals surface area contributed by atoms with Crippen LogP contribution < -0.4 is 10.2 Å². The van der Waals surface area contributed by atoms with Crippen molar-refractivity contribution in [2.75, 3.05) is 37.0 Å². The SMILES string of the molecule is COCC(Nc1ccc(N2CCCC2)c(F)c1)C1CC1. The predicted molar refractivity (Wildman–Crippen MR) is 79.9 cm³/mol. The zero-order chi connectivity index (χ0) is 13.9. The molecular formula is C16H23FN2O. The predicted octanol–water partition coefficient (Wildman–Crippen LogP) is 3.26. The second-order valence-electron chi connectivity index (χ2n) is 5.90. The fraction of sp³-hybridized carbons (Fsp3) is 0.625. The van der Waals surface area contributed by atoms with Crippen molar-refractivity contribution >= 4 is 11.4 Å². The van der Waals surface area contributed by atoms with E-state index in [4.69, 9.17) is 4.74 Å². The number of nitrogens with zero attached hydrogens (tertiary/aromatic N) is 1. The van der Waals surface area contributed by atoms with Gasteiger partial charge in [0.2, 0.25) is 0 Å². The van der Waals surface area contributed by atoms with Gasteiger partial charge in [0.15, 0.2) is 0 Å². The molecule has 2 aliphatic rings. The van der Waals surface area contributed by atoms with E-state index in [0.717, 1.165) is 37.3 Å². The molecule has 4 heteroatoms. The number of hydrogen-bond donors (Lipinski definition) is 1. The maximum absolute atomic E-state index is 14.2. The van der Waals surface area contributed by atoms with Crippen molar-refractivity contribution in [1.29, 1.82) is 0 Å². The highest BCUT2D eigenvalue weighted by Gasteiger charge is 2.31. The quantitative estimate of drug-likeness (QED) is 0.864. The van der Waals surface area contributed by atoms with Gasteiger partial charge in [-0.05, 0) is 49.8 Å². The Hall–Kier alpha value is -1.29. The summed E-state index contributed by atoms with van der Waals surface area (Å²) in [5.74, 6) is 0.556. The maximum Gasteiger partial charge on any atom is 0.148 e. The molecule has 3 rings (SSSR count). The number of ether oxygens (including phenoxy) is 1. The molecule has 0 spiro atoms.